The quantitative estimate of drug-likeness (QED) is 0.871. The maximum Gasteiger partial charge on any atom is 0.255 e. The minimum atomic E-state index is -0.935. The Labute approximate surface area is 170 Å². The van der Waals surface area contributed by atoms with Gasteiger partial charge in [0.15, 0.2) is 0 Å². The maximum atomic E-state index is 13.5. The fourth-order valence-corrected chi connectivity index (χ4v) is 5.08. The summed E-state index contributed by atoms with van der Waals surface area (Å²) in [5, 5.41) is 10.8. The van der Waals surface area contributed by atoms with Crippen LogP contribution in [0.2, 0.25) is 0 Å². The van der Waals surface area contributed by atoms with Gasteiger partial charge in [0.25, 0.3) is 5.91 Å². The van der Waals surface area contributed by atoms with Crippen molar-refractivity contribution in [2.45, 2.75) is 51.3 Å². The van der Waals surface area contributed by atoms with Gasteiger partial charge in [-0.1, -0.05) is 30.3 Å². The number of aliphatic hydroxyl groups is 1. The van der Waals surface area contributed by atoms with Crippen molar-refractivity contribution in [3.05, 3.63) is 53.1 Å². The summed E-state index contributed by atoms with van der Waals surface area (Å²) in [6.07, 6.45) is 2.56. The number of benzene rings is 2. The summed E-state index contributed by atoms with van der Waals surface area (Å²) >= 11 is 0. The first kappa shape index (κ1) is 18.4. The molecule has 1 unspecified atom stereocenters. The van der Waals surface area contributed by atoms with Crippen LogP contribution in [0.5, 0.6) is 0 Å². The average molecular weight is 390 g/mol. The van der Waals surface area contributed by atoms with Crippen LogP contribution in [0.3, 0.4) is 0 Å². The standard InChI is InChI=1S/C24H26N2O3/c1-24(2,29)22(14-7-8-14)26-13-17-5-4-6-18(21(17)23(26)28)15-9-10-16-12-20(27)25(3)19(16)11-15/h4-6,9-11,14,22,29H,7-8,12-13H2,1-3H3. The molecule has 2 amide bonds. The average Bonchev–Trinajstić information content (AvgIpc) is 3.38. The van der Waals surface area contributed by atoms with Gasteiger partial charge in [-0.05, 0) is 60.9 Å². The van der Waals surface area contributed by atoms with Crippen molar-refractivity contribution in [3.8, 4) is 11.1 Å². The fraction of sp³-hybridized carbons (Fsp3) is 0.417. The maximum absolute atomic E-state index is 13.5. The highest BCUT2D eigenvalue weighted by atomic mass is 16.3. The molecule has 1 fully saturated rings. The van der Waals surface area contributed by atoms with Gasteiger partial charge in [0.05, 0.1) is 23.6 Å². The molecule has 0 radical (unpaired) electrons. The molecule has 1 aliphatic carbocycles. The van der Waals surface area contributed by atoms with E-state index in [9.17, 15) is 14.7 Å². The number of rotatable bonds is 4. The van der Waals surface area contributed by atoms with Gasteiger partial charge < -0.3 is 14.9 Å². The van der Waals surface area contributed by atoms with Crippen LogP contribution in [0.1, 0.15) is 48.2 Å². The Morgan fingerprint density at radius 3 is 2.55 bits per heavy atom. The zero-order valence-corrected chi connectivity index (χ0v) is 17.1. The van der Waals surface area contributed by atoms with Crippen LogP contribution in [-0.4, -0.2) is 40.5 Å². The number of hydrogen-bond donors (Lipinski definition) is 1. The van der Waals surface area contributed by atoms with E-state index >= 15 is 0 Å². The second-order valence-electron chi connectivity index (χ2n) is 9.18. The third-order valence-electron chi connectivity index (χ3n) is 6.57. The van der Waals surface area contributed by atoms with Crippen LogP contribution in [0.15, 0.2) is 36.4 Å². The normalized spacial score (nSPS) is 19.6. The molecule has 2 aliphatic heterocycles. The Hall–Kier alpha value is -2.66. The van der Waals surface area contributed by atoms with Crippen molar-refractivity contribution in [1.82, 2.24) is 4.90 Å². The molecule has 1 N–H and O–H groups in total. The van der Waals surface area contributed by atoms with Gasteiger partial charge in [0, 0.05) is 19.3 Å². The molecule has 5 nitrogen and oxygen atoms in total. The first-order chi connectivity index (χ1) is 13.8. The van der Waals surface area contributed by atoms with Crippen molar-refractivity contribution in [2.24, 2.45) is 5.92 Å². The molecular formula is C24H26N2O3. The molecule has 3 aliphatic rings. The SMILES string of the molecule is CN1C(=O)Cc2ccc(-c3cccc4c3C(=O)N(C(C3CC3)C(C)(C)O)C4)cc21. The van der Waals surface area contributed by atoms with Crippen molar-refractivity contribution in [3.63, 3.8) is 0 Å². The van der Waals surface area contributed by atoms with Crippen LogP contribution in [0.25, 0.3) is 11.1 Å². The van der Waals surface area contributed by atoms with Gasteiger partial charge in [-0.2, -0.15) is 0 Å². The molecule has 150 valence electrons. The van der Waals surface area contributed by atoms with E-state index in [-0.39, 0.29) is 17.9 Å². The van der Waals surface area contributed by atoms with Gasteiger partial charge in [-0.3, -0.25) is 9.59 Å². The summed E-state index contributed by atoms with van der Waals surface area (Å²) in [6.45, 7) is 4.15. The summed E-state index contributed by atoms with van der Waals surface area (Å²) in [5.41, 5.74) is 4.59. The van der Waals surface area contributed by atoms with Crippen LogP contribution in [0, 0.1) is 5.92 Å². The monoisotopic (exact) mass is 390 g/mol. The zero-order valence-electron chi connectivity index (χ0n) is 17.1. The zero-order chi connectivity index (χ0) is 20.5. The molecule has 2 aromatic rings. The highest BCUT2D eigenvalue weighted by Gasteiger charge is 2.48. The lowest BCUT2D eigenvalue weighted by atomic mass is 9.92. The fourth-order valence-electron chi connectivity index (χ4n) is 5.08. The Balaban J connectivity index is 1.56. The van der Waals surface area contributed by atoms with Crippen molar-refractivity contribution >= 4 is 17.5 Å². The lowest BCUT2D eigenvalue weighted by Crippen LogP contribution is -2.51. The highest BCUT2D eigenvalue weighted by Crippen LogP contribution is 2.44. The van der Waals surface area contributed by atoms with Crippen molar-refractivity contribution in [1.29, 1.82) is 0 Å². The summed E-state index contributed by atoms with van der Waals surface area (Å²) in [7, 11) is 1.80. The van der Waals surface area contributed by atoms with Crippen LogP contribution >= 0.6 is 0 Å². The molecule has 0 saturated heterocycles. The highest BCUT2D eigenvalue weighted by molar-refractivity contribution is 6.06. The third kappa shape index (κ3) is 2.87. The van der Waals surface area contributed by atoms with E-state index in [0.29, 0.717) is 18.9 Å². The van der Waals surface area contributed by atoms with Gasteiger partial charge in [-0.25, -0.2) is 0 Å². The number of nitrogens with zero attached hydrogens (tertiary/aromatic N) is 2. The molecule has 5 rings (SSSR count). The number of carbonyl (C=O) groups excluding carboxylic acids is 2. The Morgan fingerprint density at radius 1 is 1.10 bits per heavy atom. The lowest BCUT2D eigenvalue weighted by Gasteiger charge is -2.37. The third-order valence-corrected chi connectivity index (χ3v) is 6.57. The summed E-state index contributed by atoms with van der Waals surface area (Å²) in [6, 6.07) is 11.8. The van der Waals surface area contributed by atoms with Crippen LogP contribution < -0.4 is 4.90 Å². The molecule has 0 aromatic heterocycles. The Bertz CT molecular complexity index is 1030. The van der Waals surface area contributed by atoms with E-state index in [1.54, 1.807) is 25.8 Å². The smallest absolute Gasteiger partial charge is 0.255 e. The van der Waals surface area contributed by atoms with E-state index in [0.717, 1.165) is 46.3 Å². The van der Waals surface area contributed by atoms with Crippen molar-refractivity contribution in [2.75, 3.05) is 11.9 Å². The van der Waals surface area contributed by atoms with Crippen LogP contribution in [-0.2, 0) is 17.8 Å². The molecule has 29 heavy (non-hydrogen) atoms. The number of anilines is 1. The largest absolute Gasteiger partial charge is 0.388 e. The second-order valence-corrected chi connectivity index (χ2v) is 9.18. The molecule has 0 bridgehead atoms. The first-order valence-corrected chi connectivity index (χ1v) is 10.3. The number of amides is 2. The van der Waals surface area contributed by atoms with Gasteiger partial charge >= 0.3 is 0 Å². The first-order valence-electron chi connectivity index (χ1n) is 10.3. The molecular weight excluding hydrogens is 364 g/mol. The van der Waals surface area contributed by atoms with E-state index in [1.165, 1.54) is 0 Å². The number of likely N-dealkylation sites (N-methyl/N-ethyl adjacent to an activating group) is 1. The second kappa shape index (κ2) is 6.17. The Morgan fingerprint density at radius 2 is 1.86 bits per heavy atom. The minimum Gasteiger partial charge on any atom is -0.388 e. The molecule has 1 atom stereocenters. The summed E-state index contributed by atoms with van der Waals surface area (Å²) in [5.74, 6) is 0.464. The minimum absolute atomic E-state index is 0.000413. The molecule has 2 heterocycles. The van der Waals surface area contributed by atoms with E-state index in [4.69, 9.17) is 0 Å². The predicted octanol–water partition coefficient (Wildman–Crippen LogP) is 3.38. The molecule has 2 aromatic carbocycles. The molecule has 0 spiro atoms. The number of hydrogen-bond acceptors (Lipinski definition) is 3. The van der Waals surface area contributed by atoms with E-state index < -0.39 is 5.60 Å². The van der Waals surface area contributed by atoms with E-state index in [2.05, 4.69) is 0 Å². The topological polar surface area (TPSA) is 60.9 Å². The van der Waals surface area contributed by atoms with Gasteiger partial charge in [0.2, 0.25) is 5.91 Å². The summed E-state index contributed by atoms with van der Waals surface area (Å²) < 4.78 is 0. The van der Waals surface area contributed by atoms with Gasteiger partial charge in [-0.15, -0.1) is 0 Å². The number of carbonyl (C=O) groups is 2. The molecule has 5 heteroatoms. The summed E-state index contributed by atoms with van der Waals surface area (Å²) in [4.78, 5) is 29.1. The lowest BCUT2D eigenvalue weighted by molar-refractivity contribution is -0.117. The Kier molecular flexibility index (Phi) is 3.91. The van der Waals surface area contributed by atoms with Gasteiger partial charge in [0.1, 0.15) is 0 Å². The number of fused-ring (bicyclic) bond motifs is 2. The van der Waals surface area contributed by atoms with Crippen molar-refractivity contribution < 1.29 is 14.7 Å². The van der Waals surface area contributed by atoms with E-state index in [1.807, 2.05) is 41.3 Å². The molecule has 1 saturated carbocycles. The van der Waals surface area contributed by atoms with Crippen LogP contribution in [0.4, 0.5) is 5.69 Å². The predicted molar refractivity (Wildman–Crippen MR) is 112 cm³/mol.